The van der Waals surface area contributed by atoms with Crippen molar-refractivity contribution in [3.05, 3.63) is 91.6 Å². The minimum absolute atomic E-state index is 0.175. The van der Waals surface area contributed by atoms with E-state index in [0.717, 1.165) is 5.56 Å². The third-order valence-electron chi connectivity index (χ3n) is 4.93. The second kappa shape index (κ2) is 8.49. The Morgan fingerprint density at radius 2 is 1.58 bits per heavy atom. The molecule has 0 saturated carbocycles. The third kappa shape index (κ3) is 4.01. The zero-order valence-corrected chi connectivity index (χ0v) is 18.9. The summed E-state index contributed by atoms with van der Waals surface area (Å²) in [7, 11) is 3.34. The SMILES string of the molecule is Cn1c(SCc2ccc(C(=O)c3ccc(F)cc3)cc2)nc2c(c(Cl)c(Cl)n2C)c1=O. The molecule has 0 radical (unpaired) electrons. The predicted octanol–water partition coefficient (Wildman–Crippen LogP) is 5.24. The van der Waals surface area contributed by atoms with Gasteiger partial charge in [0.2, 0.25) is 0 Å². The van der Waals surface area contributed by atoms with Crippen LogP contribution in [0.1, 0.15) is 21.5 Å². The number of benzene rings is 2. The van der Waals surface area contributed by atoms with Gasteiger partial charge < -0.3 is 4.57 Å². The first-order valence-corrected chi connectivity index (χ1v) is 10.9. The van der Waals surface area contributed by atoms with Crippen molar-refractivity contribution in [1.82, 2.24) is 14.1 Å². The van der Waals surface area contributed by atoms with Crippen LogP contribution in [0.2, 0.25) is 10.2 Å². The molecule has 0 atom stereocenters. The largest absolute Gasteiger partial charge is 0.318 e. The standard InChI is InChI=1S/C22H16Cl2FN3O2S/c1-27-19(24)17(23)16-20(27)26-22(28(2)21(16)30)31-11-12-3-5-13(6-4-12)18(29)14-7-9-15(25)10-8-14/h3-10H,11H2,1-2H3. The molecule has 5 nitrogen and oxygen atoms in total. The third-order valence-corrected chi connectivity index (χ3v) is 6.94. The Balaban J connectivity index is 1.54. The number of carbonyl (C=O) groups is 1. The molecule has 0 aliphatic heterocycles. The lowest BCUT2D eigenvalue weighted by atomic mass is 10.0. The summed E-state index contributed by atoms with van der Waals surface area (Å²) in [4.78, 5) is 29.8. The van der Waals surface area contributed by atoms with Crippen molar-refractivity contribution in [1.29, 1.82) is 0 Å². The van der Waals surface area contributed by atoms with Gasteiger partial charge in [0.1, 0.15) is 16.4 Å². The van der Waals surface area contributed by atoms with Crippen LogP contribution in [0.15, 0.2) is 58.5 Å². The number of ketones is 1. The van der Waals surface area contributed by atoms with Crippen molar-refractivity contribution in [2.75, 3.05) is 0 Å². The van der Waals surface area contributed by atoms with Gasteiger partial charge in [0.25, 0.3) is 5.56 Å². The molecular weight excluding hydrogens is 460 g/mol. The lowest BCUT2D eigenvalue weighted by molar-refractivity contribution is 0.103. The van der Waals surface area contributed by atoms with E-state index in [4.69, 9.17) is 23.2 Å². The minimum Gasteiger partial charge on any atom is -0.318 e. The Morgan fingerprint density at radius 3 is 2.19 bits per heavy atom. The topological polar surface area (TPSA) is 56.9 Å². The van der Waals surface area contributed by atoms with Crippen molar-refractivity contribution in [2.24, 2.45) is 14.1 Å². The molecule has 0 fully saturated rings. The number of hydrogen-bond donors (Lipinski definition) is 0. The van der Waals surface area contributed by atoms with Gasteiger partial charge in [-0.05, 0) is 29.8 Å². The van der Waals surface area contributed by atoms with E-state index in [2.05, 4.69) is 4.98 Å². The fraction of sp³-hybridized carbons (Fsp3) is 0.136. The van der Waals surface area contributed by atoms with Crippen molar-refractivity contribution in [3.63, 3.8) is 0 Å². The van der Waals surface area contributed by atoms with Gasteiger partial charge in [-0.15, -0.1) is 0 Å². The number of halogens is 3. The molecule has 4 aromatic rings. The summed E-state index contributed by atoms with van der Waals surface area (Å²) in [6, 6.07) is 12.6. The van der Waals surface area contributed by atoms with Crippen LogP contribution in [-0.2, 0) is 19.8 Å². The first-order chi connectivity index (χ1) is 14.8. The average molecular weight is 476 g/mol. The Morgan fingerprint density at radius 1 is 1.00 bits per heavy atom. The highest BCUT2D eigenvalue weighted by Gasteiger charge is 2.19. The summed E-state index contributed by atoms with van der Waals surface area (Å²) >= 11 is 13.7. The van der Waals surface area contributed by atoms with Crippen molar-refractivity contribution >= 4 is 51.8 Å². The Kier molecular flexibility index (Phi) is 5.92. The maximum Gasteiger partial charge on any atom is 0.264 e. The number of fused-ring (bicyclic) bond motifs is 1. The highest BCUT2D eigenvalue weighted by atomic mass is 35.5. The molecule has 2 aromatic carbocycles. The number of rotatable bonds is 5. The van der Waals surface area contributed by atoms with E-state index in [0.29, 0.717) is 33.1 Å². The molecule has 9 heteroatoms. The summed E-state index contributed by atoms with van der Waals surface area (Å²) in [6.07, 6.45) is 0. The van der Waals surface area contributed by atoms with Gasteiger partial charge in [-0.25, -0.2) is 9.37 Å². The lowest BCUT2D eigenvalue weighted by Crippen LogP contribution is -2.20. The first-order valence-electron chi connectivity index (χ1n) is 9.20. The highest BCUT2D eigenvalue weighted by Crippen LogP contribution is 2.31. The molecule has 0 unspecified atom stereocenters. The van der Waals surface area contributed by atoms with Crippen LogP contribution in [-0.4, -0.2) is 19.9 Å². The highest BCUT2D eigenvalue weighted by molar-refractivity contribution is 7.98. The molecule has 2 aromatic heterocycles. The monoisotopic (exact) mass is 475 g/mol. The van der Waals surface area contributed by atoms with Crippen LogP contribution in [0.5, 0.6) is 0 Å². The number of aromatic nitrogens is 3. The van der Waals surface area contributed by atoms with Gasteiger partial charge in [0.15, 0.2) is 16.6 Å². The molecule has 0 N–H and O–H groups in total. The van der Waals surface area contributed by atoms with Crippen LogP contribution in [0.25, 0.3) is 11.0 Å². The van der Waals surface area contributed by atoms with Crippen molar-refractivity contribution in [2.45, 2.75) is 10.9 Å². The van der Waals surface area contributed by atoms with E-state index in [1.807, 2.05) is 12.1 Å². The van der Waals surface area contributed by atoms with Crippen LogP contribution in [0, 0.1) is 5.82 Å². The molecular formula is C22H16Cl2FN3O2S. The molecule has 158 valence electrons. The second-order valence-electron chi connectivity index (χ2n) is 6.94. The number of thioether (sulfide) groups is 1. The van der Waals surface area contributed by atoms with Gasteiger partial charge in [0.05, 0.1) is 5.02 Å². The first kappa shape index (κ1) is 21.6. The summed E-state index contributed by atoms with van der Waals surface area (Å²) in [6.45, 7) is 0. The zero-order valence-electron chi connectivity index (χ0n) is 16.5. The summed E-state index contributed by atoms with van der Waals surface area (Å²) in [5, 5.41) is 1.29. The van der Waals surface area contributed by atoms with Gasteiger partial charge in [0, 0.05) is 31.0 Å². The van der Waals surface area contributed by atoms with E-state index >= 15 is 0 Å². The number of nitrogens with zero attached hydrogens (tertiary/aromatic N) is 3. The molecule has 4 rings (SSSR count). The Hall–Kier alpha value is -2.61. The normalized spacial score (nSPS) is 11.3. The summed E-state index contributed by atoms with van der Waals surface area (Å²) < 4.78 is 16.1. The van der Waals surface area contributed by atoms with Crippen LogP contribution in [0.3, 0.4) is 0 Å². The van der Waals surface area contributed by atoms with E-state index in [1.54, 1.807) is 30.8 Å². The molecule has 2 heterocycles. The summed E-state index contributed by atoms with van der Waals surface area (Å²) in [5.74, 6) is -0.0147. The molecule has 31 heavy (non-hydrogen) atoms. The summed E-state index contributed by atoms with van der Waals surface area (Å²) in [5.41, 5.74) is 2.07. The van der Waals surface area contributed by atoms with E-state index in [1.165, 1.54) is 40.6 Å². The van der Waals surface area contributed by atoms with E-state index < -0.39 is 0 Å². The maximum atomic E-state index is 13.1. The van der Waals surface area contributed by atoms with Gasteiger partial charge >= 0.3 is 0 Å². The fourth-order valence-electron chi connectivity index (χ4n) is 3.15. The lowest BCUT2D eigenvalue weighted by Gasteiger charge is -2.08. The number of aryl methyl sites for hydroxylation is 1. The van der Waals surface area contributed by atoms with E-state index in [-0.39, 0.29) is 27.3 Å². The minimum atomic E-state index is -0.384. The van der Waals surface area contributed by atoms with Gasteiger partial charge in [-0.2, -0.15) is 0 Å². The second-order valence-corrected chi connectivity index (χ2v) is 8.62. The average Bonchev–Trinajstić information content (AvgIpc) is 2.99. The van der Waals surface area contributed by atoms with Crippen LogP contribution >= 0.6 is 35.0 Å². The van der Waals surface area contributed by atoms with Crippen LogP contribution in [0.4, 0.5) is 4.39 Å². The predicted molar refractivity (Wildman–Crippen MR) is 122 cm³/mol. The fourth-order valence-corrected chi connectivity index (χ4v) is 4.53. The maximum absolute atomic E-state index is 13.1. The number of carbonyl (C=O) groups excluding carboxylic acids is 1. The molecule has 0 aliphatic rings. The molecule has 0 bridgehead atoms. The smallest absolute Gasteiger partial charge is 0.264 e. The van der Waals surface area contributed by atoms with Crippen molar-refractivity contribution < 1.29 is 9.18 Å². The van der Waals surface area contributed by atoms with Gasteiger partial charge in [-0.1, -0.05) is 59.2 Å². The molecule has 0 spiro atoms. The molecule has 0 amide bonds. The van der Waals surface area contributed by atoms with E-state index in [9.17, 15) is 14.0 Å². The number of hydrogen-bond acceptors (Lipinski definition) is 4. The van der Waals surface area contributed by atoms with Crippen molar-refractivity contribution in [3.8, 4) is 0 Å². The molecule has 0 saturated heterocycles. The molecule has 0 aliphatic carbocycles. The zero-order chi connectivity index (χ0) is 22.3. The van der Waals surface area contributed by atoms with Gasteiger partial charge in [-0.3, -0.25) is 14.2 Å². The Labute approximate surface area is 191 Å². The van der Waals surface area contributed by atoms with Crippen LogP contribution < -0.4 is 5.56 Å². The quantitative estimate of drug-likeness (QED) is 0.225. The Bertz CT molecular complexity index is 1360.